The van der Waals surface area contributed by atoms with Crippen LogP contribution in [0, 0.1) is 6.92 Å². The Morgan fingerprint density at radius 2 is 1.78 bits per heavy atom. The average Bonchev–Trinajstić information content (AvgIpc) is 3.40. The summed E-state index contributed by atoms with van der Waals surface area (Å²) in [5.74, 6) is -1.68. The zero-order chi connectivity index (χ0) is 26.5. The third-order valence-electron chi connectivity index (χ3n) is 6.85. The summed E-state index contributed by atoms with van der Waals surface area (Å²) in [5, 5.41) is 15.3. The number of carbonyl (C=O) groups excluding carboxylic acids is 2. The number of rotatable bonds is 8. The van der Waals surface area contributed by atoms with Gasteiger partial charge in [-0.3, -0.25) is 14.4 Å². The van der Waals surface area contributed by atoms with Gasteiger partial charge >= 0.3 is 5.97 Å². The molecule has 2 aromatic carbocycles. The molecule has 2 aromatic rings. The van der Waals surface area contributed by atoms with Crippen LogP contribution in [0.25, 0.3) is 0 Å². The van der Waals surface area contributed by atoms with E-state index in [9.17, 15) is 19.5 Å². The molecule has 0 bridgehead atoms. The Hall–Kier alpha value is -3.43. The molecule has 4 atom stereocenters. The molecule has 198 valence electrons. The molecule has 2 aliphatic rings. The number of amides is 2. The summed E-state index contributed by atoms with van der Waals surface area (Å²) < 4.78 is 11.2. The lowest BCUT2D eigenvalue weighted by atomic mass is 10.0. The van der Waals surface area contributed by atoms with E-state index in [1.807, 2.05) is 37.3 Å². The Balaban J connectivity index is 1.63. The minimum atomic E-state index is -1.01. The first-order valence-electron chi connectivity index (χ1n) is 12.7. The number of hydrogen-bond donors (Lipinski definition) is 3. The van der Waals surface area contributed by atoms with Gasteiger partial charge in [0.2, 0.25) is 0 Å². The van der Waals surface area contributed by atoms with Gasteiger partial charge in [-0.25, -0.2) is 0 Å². The molecule has 0 radical (unpaired) electrons. The monoisotopic (exact) mass is 509 g/mol. The van der Waals surface area contributed by atoms with Crippen LogP contribution in [0.2, 0.25) is 0 Å². The molecular weight excluding hydrogens is 474 g/mol. The van der Waals surface area contributed by atoms with Crippen LogP contribution in [0.15, 0.2) is 42.5 Å². The fraction of sp³-hybridized carbons (Fsp3) is 0.464. The van der Waals surface area contributed by atoms with E-state index in [0.29, 0.717) is 43.1 Å². The highest BCUT2D eigenvalue weighted by molar-refractivity contribution is 6.01. The van der Waals surface area contributed by atoms with Crippen LogP contribution < -0.4 is 15.5 Å². The standard InChI is InChI=1S/C28H35N3O6/c1-17-6-8-20(9-7-17)22(14-26(32)33)29-27(34)21-10-11-24(31-18(2)15-36-16-19(31)3)23(13-21)30-28(35)25-5-4-12-37-25/h6-11,13,18-19,22,25H,4-5,12,14-16H2,1-3H3,(H,29,34)(H,30,35)(H,32,33). The minimum Gasteiger partial charge on any atom is -0.481 e. The van der Waals surface area contributed by atoms with E-state index in [0.717, 1.165) is 17.7 Å². The molecule has 0 aliphatic carbocycles. The SMILES string of the molecule is Cc1ccc(C(CC(=O)O)NC(=O)c2ccc(N3C(C)COCC3C)c(NC(=O)C3CCCO3)c2)cc1. The highest BCUT2D eigenvalue weighted by Crippen LogP contribution is 2.33. The number of hydrogen-bond acceptors (Lipinski definition) is 6. The average molecular weight is 510 g/mol. The lowest BCUT2D eigenvalue weighted by Crippen LogP contribution is -2.50. The van der Waals surface area contributed by atoms with E-state index < -0.39 is 24.0 Å². The van der Waals surface area contributed by atoms with Crippen molar-refractivity contribution in [2.75, 3.05) is 30.0 Å². The van der Waals surface area contributed by atoms with Gasteiger partial charge in [0.25, 0.3) is 11.8 Å². The van der Waals surface area contributed by atoms with Crippen molar-refractivity contribution in [3.05, 3.63) is 59.2 Å². The van der Waals surface area contributed by atoms with E-state index in [2.05, 4.69) is 29.4 Å². The van der Waals surface area contributed by atoms with E-state index >= 15 is 0 Å². The first-order chi connectivity index (χ1) is 17.7. The fourth-order valence-corrected chi connectivity index (χ4v) is 4.95. The molecule has 2 heterocycles. The second-order valence-electron chi connectivity index (χ2n) is 9.90. The fourth-order valence-electron chi connectivity index (χ4n) is 4.95. The summed E-state index contributed by atoms with van der Waals surface area (Å²) in [7, 11) is 0. The normalized spacial score (nSPS) is 22.4. The molecule has 9 nitrogen and oxygen atoms in total. The second kappa shape index (κ2) is 11.7. The summed E-state index contributed by atoms with van der Waals surface area (Å²) in [5.41, 5.74) is 3.38. The zero-order valence-corrected chi connectivity index (χ0v) is 21.5. The van der Waals surface area contributed by atoms with Crippen molar-refractivity contribution in [3.63, 3.8) is 0 Å². The third-order valence-corrected chi connectivity index (χ3v) is 6.85. The first-order valence-corrected chi connectivity index (χ1v) is 12.7. The van der Waals surface area contributed by atoms with Gasteiger partial charge in [-0.05, 0) is 57.4 Å². The van der Waals surface area contributed by atoms with E-state index in [1.165, 1.54) is 0 Å². The molecule has 2 aliphatic heterocycles. The van der Waals surface area contributed by atoms with Gasteiger partial charge in [0.1, 0.15) is 6.10 Å². The number of benzene rings is 2. The molecule has 2 fully saturated rings. The Kier molecular flexibility index (Phi) is 8.45. The second-order valence-corrected chi connectivity index (χ2v) is 9.90. The van der Waals surface area contributed by atoms with E-state index in [4.69, 9.17) is 9.47 Å². The maximum Gasteiger partial charge on any atom is 0.305 e. The Bertz CT molecular complexity index is 1120. The number of ether oxygens (including phenoxy) is 2. The molecule has 0 aromatic heterocycles. The summed E-state index contributed by atoms with van der Waals surface area (Å²) in [4.78, 5) is 40.0. The zero-order valence-electron chi connectivity index (χ0n) is 21.5. The largest absolute Gasteiger partial charge is 0.481 e. The summed E-state index contributed by atoms with van der Waals surface area (Å²) >= 11 is 0. The van der Waals surface area contributed by atoms with E-state index in [1.54, 1.807) is 12.1 Å². The molecule has 37 heavy (non-hydrogen) atoms. The van der Waals surface area contributed by atoms with Gasteiger partial charge in [-0.15, -0.1) is 0 Å². The summed E-state index contributed by atoms with van der Waals surface area (Å²) in [6.45, 7) is 7.71. The third kappa shape index (κ3) is 6.47. The predicted octanol–water partition coefficient (Wildman–Crippen LogP) is 3.67. The van der Waals surface area contributed by atoms with Crippen molar-refractivity contribution in [1.29, 1.82) is 0 Å². The highest BCUT2D eigenvalue weighted by Gasteiger charge is 2.30. The Morgan fingerprint density at radius 3 is 2.41 bits per heavy atom. The van der Waals surface area contributed by atoms with Crippen molar-refractivity contribution in [2.45, 2.75) is 64.3 Å². The lowest BCUT2D eigenvalue weighted by molar-refractivity contribution is -0.137. The number of anilines is 2. The Labute approximate surface area is 217 Å². The molecule has 0 spiro atoms. The number of carboxylic acid groups (broad SMARTS) is 1. The van der Waals surface area contributed by atoms with Crippen molar-refractivity contribution >= 4 is 29.2 Å². The molecule has 3 N–H and O–H groups in total. The van der Waals surface area contributed by atoms with Crippen molar-refractivity contribution in [2.24, 2.45) is 0 Å². The number of morpholine rings is 1. The van der Waals surface area contributed by atoms with Crippen LogP contribution in [-0.2, 0) is 19.1 Å². The molecule has 4 rings (SSSR count). The van der Waals surface area contributed by atoms with E-state index in [-0.39, 0.29) is 24.4 Å². The quantitative estimate of drug-likeness (QED) is 0.497. The molecule has 0 saturated carbocycles. The first kappa shape index (κ1) is 26.6. The van der Waals surface area contributed by atoms with Crippen molar-refractivity contribution in [3.8, 4) is 0 Å². The molecule has 4 unspecified atom stereocenters. The number of aryl methyl sites for hydroxylation is 1. The van der Waals surface area contributed by atoms with Gasteiger partial charge in [-0.1, -0.05) is 29.8 Å². The van der Waals surface area contributed by atoms with Crippen LogP contribution in [0.1, 0.15) is 60.6 Å². The summed E-state index contributed by atoms with van der Waals surface area (Å²) in [6.07, 6.45) is 0.707. The van der Waals surface area contributed by atoms with Crippen LogP contribution in [0.4, 0.5) is 11.4 Å². The van der Waals surface area contributed by atoms with Crippen LogP contribution in [-0.4, -0.2) is 60.9 Å². The smallest absolute Gasteiger partial charge is 0.305 e. The van der Waals surface area contributed by atoms with Gasteiger partial charge in [0.05, 0.1) is 37.1 Å². The van der Waals surface area contributed by atoms with Gasteiger partial charge in [-0.2, -0.15) is 0 Å². The predicted molar refractivity (Wildman–Crippen MR) is 140 cm³/mol. The number of aliphatic carboxylic acids is 1. The van der Waals surface area contributed by atoms with Crippen molar-refractivity contribution in [1.82, 2.24) is 5.32 Å². The highest BCUT2D eigenvalue weighted by atomic mass is 16.5. The maximum atomic E-state index is 13.3. The van der Waals surface area contributed by atoms with Gasteiger partial charge < -0.3 is 30.1 Å². The topological polar surface area (TPSA) is 117 Å². The number of nitrogens with one attached hydrogen (secondary N) is 2. The summed E-state index contributed by atoms with van der Waals surface area (Å²) in [6, 6.07) is 12.0. The van der Waals surface area contributed by atoms with Gasteiger partial charge in [0.15, 0.2) is 0 Å². The number of nitrogens with zero attached hydrogens (tertiary/aromatic N) is 1. The lowest BCUT2D eigenvalue weighted by Gasteiger charge is -2.41. The number of carbonyl (C=O) groups is 3. The van der Waals surface area contributed by atoms with Gasteiger partial charge in [0, 0.05) is 24.3 Å². The number of carboxylic acids is 1. The van der Waals surface area contributed by atoms with Crippen molar-refractivity contribution < 1.29 is 29.0 Å². The van der Waals surface area contributed by atoms with Crippen LogP contribution >= 0.6 is 0 Å². The van der Waals surface area contributed by atoms with Crippen LogP contribution in [0.3, 0.4) is 0 Å². The minimum absolute atomic E-state index is 0.0725. The van der Waals surface area contributed by atoms with Crippen LogP contribution in [0.5, 0.6) is 0 Å². The Morgan fingerprint density at radius 1 is 1.08 bits per heavy atom. The maximum absolute atomic E-state index is 13.3. The molecule has 2 amide bonds. The molecule has 9 heteroatoms. The molecule has 2 saturated heterocycles. The molecular formula is C28H35N3O6.